The number of nitrogens with zero attached hydrogens (tertiary/aromatic N) is 1. The van der Waals surface area contributed by atoms with E-state index < -0.39 is 0 Å². The van der Waals surface area contributed by atoms with Crippen molar-refractivity contribution in [1.29, 1.82) is 0 Å². The Morgan fingerprint density at radius 3 is 2.55 bits per heavy atom. The quantitative estimate of drug-likeness (QED) is 0.769. The van der Waals surface area contributed by atoms with E-state index in [0.717, 1.165) is 13.1 Å². The van der Waals surface area contributed by atoms with Crippen LogP contribution in [0.4, 0.5) is 0 Å². The third kappa shape index (κ3) is 3.57. The van der Waals surface area contributed by atoms with E-state index in [1.807, 2.05) is 0 Å². The molecule has 1 aliphatic heterocycles. The Hall–Kier alpha value is -1.64. The fraction of sp³-hybridized carbons (Fsp3) is 0.400. The Balaban J connectivity index is 1.78. The monoisotopic (exact) mass is 295 g/mol. The first-order valence-corrected chi connectivity index (χ1v) is 8.30. The minimum absolute atomic E-state index is 0.528. The summed E-state index contributed by atoms with van der Waals surface area (Å²) in [6.45, 7) is 7.29. The average molecular weight is 295 g/mol. The van der Waals surface area contributed by atoms with Crippen molar-refractivity contribution in [3.05, 3.63) is 59.7 Å². The zero-order valence-corrected chi connectivity index (χ0v) is 13.6. The maximum absolute atomic E-state index is 5.89. The topological polar surface area (TPSA) is 12.5 Å². The molecule has 0 unspecified atom stereocenters. The van der Waals surface area contributed by atoms with Crippen molar-refractivity contribution in [2.24, 2.45) is 0 Å². The van der Waals surface area contributed by atoms with Gasteiger partial charge < -0.3 is 0 Å². The lowest BCUT2D eigenvalue weighted by Crippen LogP contribution is -2.19. The number of hydrogen-bond donors (Lipinski definition) is 0. The molecule has 22 heavy (non-hydrogen) atoms. The summed E-state index contributed by atoms with van der Waals surface area (Å²) in [5.74, 6) is 0.528. The minimum Gasteiger partial charge on any atom is -0.294 e. The summed E-state index contributed by atoms with van der Waals surface area (Å²) in [6.07, 6.45) is 2.50. The molecule has 0 spiro atoms. The number of hydrogen-bond acceptors (Lipinski definition) is 2. The van der Waals surface area contributed by atoms with Gasteiger partial charge in [-0.1, -0.05) is 56.3 Å². The maximum atomic E-state index is 5.89. The van der Waals surface area contributed by atoms with Gasteiger partial charge in [0.25, 0.3) is 0 Å². The lowest BCUT2D eigenvalue weighted by Gasteiger charge is -2.16. The maximum Gasteiger partial charge on any atom is 0.0936 e. The predicted octanol–water partition coefficient (Wildman–Crippen LogP) is 5.00. The Kier molecular flexibility index (Phi) is 4.91. The normalized spacial score (nSPS) is 15.6. The molecule has 1 heterocycles. The van der Waals surface area contributed by atoms with Crippen LogP contribution in [0, 0.1) is 0 Å². The van der Waals surface area contributed by atoms with Gasteiger partial charge in [-0.3, -0.25) is 4.84 Å². The van der Waals surface area contributed by atoms with Crippen molar-refractivity contribution >= 4 is 0 Å². The molecule has 2 aromatic carbocycles. The van der Waals surface area contributed by atoms with E-state index in [-0.39, 0.29) is 0 Å². The highest BCUT2D eigenvalue weighted by Crippen LogP contribution is 2.29. The van der Waals surface area contributed by atoms with Gasteiger partial charge in [0.15, 0.2) is 0 Å². The van der Waals surface area contributed by atoms with Crippen LogP contribution in [0.25, 0.3) is 11.1 Å². The van der Waals surface area contributed by atoms with Gasteiger partial charge in [0, 0.05) is 13.1 Å². The molecule has 1 saturated heterocycles. The van der Waals surface area contributed by atoms with Gasteiger partial charge in [-0.05, 0) is 47.1 Å². The van der Waals surface area contributed by atoms with Crippen molar-refractivity contribution in [2.75, 3.05) is 13.1 Å². The molecular weight excluding hydrogens is 270 g/mol. The molecule has 0 amide bonds. The molecule has 1 aliphatic rings. The SMILES string of the molecule is CC(C)c1ccccc1-c1cccc(CON2CCCC2)c1. The van der Waals surface area contributed by atoms with Crippen molar-refractivity contribution in [3.63, 3.8) is 0 Å². The summed E-state index contributed by atoms with van der Waals surface area (Å²) in [5, 5.41) is 2.09. The Morgan fingerprint density at radius 2 is 1.77 bits per heavy atom. The molecule has 3 rings (SSSR count). The van der Waals surface area contributed by atoms with E-state index in [9.17, 15) is 0 Å². The standard InChI is InChI=1S/C20H25NO/c1-16(2)19-10-3-4-11-20(19)18-9-7-8-17(14-18)15-22-21-12-5-6-13-21/h3-4,7-11,14,16H,5-6,12-13,15H2,1-2H3. The van der Waals surface area contributed by atoms with E-state index in [2.05, 4.69) is 67.4 Å². The highest BCUT2D eigenvalue weighted by molar-refractivity contribution is 5.68. The van der Waals surface area contributed by atoms with Crippen LogP contribution in [-0.4, -0.2) is 18.2 Å². The molecule has 116 valence electrons. The van der Waals surface area contributed by atoms with Crippen LogP contribution in [0.3, 0.4) is 0 Å². The van der Waals surface area contributed by atoms with Gasteiger partial charge in [0.05, 0.1) is 6.61 Å². The molecule has 0 N–H and O–H groups in total. The highest BCUT2D eigenvalue weighted by Gasteiger charge is 2.12. The third-order valence-corrected chi connectivity index (χ3v) is 4.30. The van der Waals surface area contributed by atoms with Crippen molar-refractivity contribution in [2.45, 2.75) is 39.2 Å². The molecule has 1 fully saturated rings. The van der Waals surface area contributed by atoms with Crippen LogP contribution in [-0.2, 0) is 11.4 Å². The van der Waals surface area contributed by atoms with Gasteiger partial charge in [-0.2, -0.15) is 5.06 Å². The number of benzene rings is 2. The van der Waals surface area contributed by atoms with Crippen LogP contribution in [0.2, 0.25) is 0 Å². The fourth-order valence-electron chi connectivity index (χ4n) is 3.08. The van der Waals surface area contributed by atoms with Gasteiger partial charge in [-0.25, -0.2) is 0 Å². The molecule has 2 aromatic rings. The lowest BCUT2D eigenvalue weighted by molar-refractivity contribution is -0.153. The predicted molar refractivity (Wildman–Crippen MR) is 91.6 cm³/mol. The van der Waals surface area contributed by atoms with E-state index >= 15 is 0 Å². The summed E-state index contributed by atoms with van der Waals surface area (Å²) in [5.41, 5.74) is 5.26. The van der Waals surface area contributed by atoms with Crippen molar-refractivity contribution in [3.8, 4) is 11.1 Å². The van der Waals surface area contributed by atoms with Crippen LogP contribution in [0.15, 0.2) is 48.5 Å². The van der Waals surface area contributed by atoms with Gasteiger partial charge in [0.2, 0.25) is 0 Å². The van der Waals surface area contributed by atoms with Gasteiger partial charge in [-0.15, -0.1) is 0 Å². The summed E-state index contributed by atoms with van der Waals surface area (Å²) in [7, 11) is 0. The molecule has 2 heteroatoms. The first kappa shape index (κ1) is 15.3. The van der Waals surface area contributed by atoms with Gasteiger partial charge in [0.1, 0.15) is 0 Å². The van der Waals surface area contributed by atoms with E-state index in [1.165, 1.54) is 35.1 Å². The molecule has 0 radical (unpaired) electrons. The van der Waals surface area contributed by atoms with E-state index in [1.54, 1.807) is 0 Å². The molecule has 0 saturated carbocycles. The second-order valence-electron chi connectivity index (χ2n) is 6.35. The van der Waals surface area contributed by atoms with Crippen LogP contribution in [0.5, 0.6) is 0 Å². The Morgan fingerprint density at radius 1 is 1.00 bits per heavy atom. The molecule has 0 bridgehead atoms. The number of rotatable bonds is 5. The zero-order valence-electron chi connectivity index (χ0n) is 13.6. The van der Waals surface area contributed by atoms with Crippen LogP contribution >= 0.6 is 0 Å². The van der Waals surface area contributed by atoms with E-state index in [4.69, 9.17) is 4.84 Å². The lowest BCUT2D eigenvalue weighted by atomic mass is 9.92. The smallest absolute Gasteiger partial charge is 0.0936 e. The minimum atomic E-state index is 0.528. The second kappa shape index (κ2) is 7.08. The Labute approximate surface area is 133 Å². The second-order valence-corrected chi connectivity index (χ2v) is 6.35. The molecule has 0 aromatic heterocycles. The first-order valence-electron chi connectivity index (χ1n) is 8.30. The third-order valence-electron chi connectivity index (χ3n) is 4.30. The summed E-state index contributed by atoms with van der Waals surface area (Å²) < 4.78 is 0. The average Bonchev–Trinajstić information content (AvgIpc) is 3.07. The van der Waals surface area contributed by atoms with Gasteiger partial charge >= 0.3 is 0 Å². The molecule has 0 atom stereocenters. The van der Waals surface area contributed by atoms with Crippen LogP contribution in [0.1, 0.15) is 43.7 Å². The first-order chi connectivity index (χ1) is 10.7. The zero-order chi connectivity index (χ0) is 15.4. The molecular formula is C20H25NO. The fourth-order valence-corrected chi connectivity index (χ4v) is 3.08. The Bertz CT molecular complexity index is 615. The largest absolute Gasteiger partial charge is 0.294 e. The summed E-state index contributed by atoms with van der Waals surface area (Å²) in [4.78, 5) is 5.89. The summed E-state index contributed by atoms with van der Waals surface area (Å²) >= 11 is 0. The summed E-state index contributed by atoms with van der Waals surface area (Å²) in [6, 6.07) is 17.4. The van der Waals surface area contributed by atoms with Crippen LogP contribution < -0.4 is 0 Å². The highest BCUT2D eigenvalue weighted by atomic mass is 16.7. The van der Waals surface area contributed by atoms with Crippen molar-refractivity contribution in [1.82, 2.24) is 5.06 Å². The molecule has 2 nitrogen and oxygen atoms in total. The van der Waals surface area contributed by atoms with E-state index in [0.29, 0.717) is 12.5 Å². The molecule has 0 aliphatic carbocycles. The number of hydroxylamine groups is 2. The van der Waals surface area contributed by atoms with Crippen molar-refractivity contribution < 1.29 is 4.84 Å².